The number of rotatable bonds is 69. The SMILES string of the molecule is CC/C=C\C/C=C\C/C=C\C/C=C\C/C=C\C/C=C\C/C=C\CCCCCCCCCCCCCCCCCCCCCC(=O)NC(COC1OC(CO)C(O)C(O)C1O)C(O)/C=C/CCCCCCCCCCCCCCCCCCCCCCCCCCCC. The number of aliphatic hydroxyl groups is 5. The summed E-state index contributed by atoms with van der Waals surface area (Å²) in [7, 11) is 0. The summed E-state index contributed by atoms with van der Waals surface area (Å²) in [6, 6.07) is -0.810. The van der Waals surface area contributed by atoms with E-state index in [2.05, 4.69) is 104 Å². The van der Waals surface area contributed by atoms with Gasteiger partial charge in [0.05, 0.1) is 25.4 Å². The van der Waals surface area contributed by atoms with Crippen LogP contribution in [0.2, 0.25) is 0 Å². The van der Waals surface area contributed by atoms with Crippen LogP contribution in [0.25, 0.3) is 0 Å². The molecule has 1 fully saturated rings. The van der Waals surface area contributed by atoms with Gasteiger partial charge >= 0.3 is 0 Å². The van der Waals surface area contributed by atoms with Crippen molar-refractivity contribution in [3.63, 3.8) is 0 Å². The van der Waals surface area contributed by atoms with Gasteiger partial charge in [0.15, 0.2) is 6.29 Å². The summed E-state index contributed by atoms with van der Waals surface area (Å²) < 4.78 is 11.3. The molecule has 7 atom stereocenters. The number of nitrogens with one attached hydrogen (secondary N) is 1. The quantitative estimate of drug-likeness (QED) is 0.0261. The second-order valence-corrected chi connectivity index (χ2v) is 27.1. The van der Waals surface area contributed by atoms with E-state index in [0.717, 1.165) is 83.5 Å². The molecule has 1 amide bonds. The third-order valence-electron chi connectivity index (χ3n) is 18.4. The highest BCUT2D eigenvalue weighted by atomic mass is 16.7. The molecule has 0 aromatic heterocycles. The minimum atomic E-state index is -1.57. The number of hydrogen-bond acceptors (Lipinski definition) is 8. The van der Waals surface area contributed by atoms with Crippen LogP contribution in [0.5, 0.6) is 0 Å². The molecule has 534 valence electrons. The van der Waals surface area contributed by atoms with E-state index in [1.54, 1.807) is 6.08 Å². The van der Waals surface area contributed by atoms with Crippen LogP contribution in [-0.2, 0) is 14.3 Å². The van der Waals surface area contributed by atoms with E-state index in [4.69, 9.17) is 9.47 Å². The molecule has 1 saturated heterocycles. The lowest BCUT2D eigenvalue weighted by molar-refractivity contribution is -0.302. The molecule has 0 aromatic carbocycles. The van der Waals surface area contributed by atoms with E-state index in [1.165, 1.54) is 263 Å². The molecule has 0 saturated carbocycles. The molecule has 0 aliphatic carbocycles. The van der Waals surface area contributed by atoms with Gasteiger partial charge in [0.2, 0.25) is 5.91 Å². The van der Waals surface area contributed by atoms with Crippen LogP contribution in [0.3, 0.4) is 0 Å². The molecule has 1 rings (SSSR count). The smallest absolute Gasteiger partial charge is 0.220 e. The molecule has 1 aliphatic rings. The molecular formula is C83H149NO8. The first-order chi connectivity index (χ1) is 45.3. The van der Waals surface area contributed by atoms with Crippen LogP contribution in [0.1, 0.15) is 367 Å². The molecule has 9 heteroatoms. The Morgan fingerprint density at radius 2 is 0.674 bits per heavy atom. The molecule has 7 unspecified atom stereocenters. The van der Waals surface area contributed by atoms with Gasteiger partial charge in [0.1, 0.15) is 24.4 Å². The summed E-state index contributed by atoms with van der Waals surface area (Å²) in [4.78, 5) is 13.2. The molecule has 1 heterocycles. The number of allylic oxidation sites excluding steroid dienone is 15. The highest BCUT2D eigenvalue weighted by Crippen LogP contribution is 2.24. The third kappa shape index (κ3) is 58.5. The Morgan fingerprint density at radius 1 is 0.380 bits per heavy atom. The average molecular weight is 1290 g/mol. The Balaban J connectivity index is 2.07. The minimum Gasteiger partial charge on any atom is -0.394 e. The first kappa shape index (κ1) is 87.1. The summed E-state index contributed by atoms with van der Waals surface area (Å²) in [5.74, 6) is -0.172. The number of aliphatic hydroxyl groups excluding tert-OH is 5. The van der Waals surface area contributed by atoms with Gasteiger partial charge in [-0.05, 0) is 77.0 Å². The van der Waals surface area contributed by atoms with Crippen molar-refractivity contribution in [2.24, 2.45) is 0 Å². The lowest BCUT2D eigenvalue weighted by Gasteiger charge is -2.40. The third-order valence-corrected chi connectivity index (χ3v) is 18.4. The fraction of sp³-hybridized carbons (Fsp3) is 0.795. The fourth-order valence-corrected chi connectivity index (χ4v) is 12.3. The zero-order valence-corrected chi connectivity index (χ0v) is 60.0. The molecule has 92 heavy (non-hydrogen) atoms. The zero-order valence-electron chi connectivity index (χ0n) is 60.0. The second kappa shape index (κ2) is 70.9. The van der Waals surface area contributed by atoms with Crippen LogP contribution in [0.4, 0.5) is 0 Å². The van der Waals surface area contributed by atoms with Crippen LogP contribution in [0.15, 0.2) is 97.2 Å². The summed E-state index contributed by atoms with van der Waals surface area (Å²) >= 11 is 0. The van der Waals surface area contributed by atoms with E-state index >= 15 is 0 Å². The summed E-state index contributed by atoms with van der Waals surface area (Å²) in [6.45, 7) is 3.71. The monoisotopic (exact) mass is 1290 g/mol. The van der Waals surface area contributed by atoms with Crippen molar-refractivity contribution in [2.75, 3.05) is 13.2 Å². The number of carbonyl (C=O) groups excluding carboxylic acids is 1. The van der Waals surface area contributed by atoms with Gasteiger partial charge < -0.3 is 40.3 Å². The molecular weight excluding hydrogens is 1140 g/mol. The highest BCUT2D eigenvalue weighted by molar-refractivity contribution is 5.76. The van der Waals surface area contributed by atoms with Crippen molar-refractivity contribution < 1.29 is 39.8 Å². The van der Waals surface area contributed by atoms with E-state index in [0.29, 0.717) is 6.42 Å². The Kier molecular flexibility index (Phi) is 67.1. The first-order valence-corrected chi connectivity index (χ1v) is 39.5. The molecule has 0 spiro atoms. The van der Waals surface area contributed by atoms with E-state index in [-0.39, 0.29) is 12.5 Å². The fourth-order valence-electron chi connectivity index (χ4n) is 12.3. The summed E-state index contributed by atoms with van der Waals surface area (Å²) in [6.07, 6.45) is 96.8. The normalized spacial score (nSPS) is 18.2. The molecule has 0 radical (unpaired) electrons. The summed E-state index contributed by atoms with van der Waals surface area (Å²) in [5.41, 5.74) is 0. The molecule has 6 N–H and O–H groups in total. The standard InChI is InChI=1S/C83H149NO8/c1-3-5-7-9-11-13-15-17-19-21-23-25-27-29-31-33-34-35-36-37-38-39-40-41-42-43-44-45-47-49-51-53-55-57-59-61-63-65-67-69-71-73-79(87)84-76(75-91-83-82(90)81(89)80(88)78(74-85)92-83)77(86)72-70-68-66-64-62-60-58-56-54-52-50-48-46-32-30-28-26-24-22-20-18-16-14-12-10-8-6-4-2/h5,7,11,13,17,19,23,25,29,31,34-35,37-38,70,72,76-78,80-83,85-86,88-90H,3-4,6,8-10,12,14-16,18,20-22,24,26-28,30,32-33,36,39-69,71,73-75H2,1-2H3,(H,84,87)/b7-5-,13-11-,19-17-,25-23-,31-29-,35-34-,38-37-,72-70+. The van der Waals surface area contributed by atoms with Crippen molar-refractivity contribution in [3.05, 3.63) is 97.2 Å². The van der Waals surface area contributed by atoms with Gasteiger partial charge in [0.25, 0.3) is 0 Å². The van der Waals surface area contributed by atoms with E-state index in [9.17, 15) is 30.3 Å². The maximum absolute atomic E-state index is 13.2. The number of ether oxygens (including phenoxy) is 2. The van der Waals surface area contributed by atoms with Crippen LogP contribution >= 0.6 is 0 Å². The van der Waals surface area contributed by atoms with Crippen molar-refractivity contribution in [3.8, 4) is 0 Å². The Labute approximate surface area is 568 Å². The van der Waals surface area contributed by atoms with Gasteiger partial charge in [-0.2, -0.15) is 0 Å². The second-order valence-electron chi connectivity index (χ2n) is 27.1. The maximum Gasteiger partial charge on any atom is 0.220 e. The Bertz CT molecular complexity index is 1780. The van der Waals surface area contributed by atoms with Gasteiger partial charge in [-0.15, -0.1) is 0 Å². The number of carbonyl (C=O) groups is 1. The number of hydrogen-bond donors (Lipinski definition) is 6. The minimum absolute atomic E-state index is 0.172. The van der Waals surface area contributed by atoms with E-state index < -0.39 is 49.5 Å². The lowest BCUT2D eigenvalue weighted by atomic mass is 9.99. The number of amides is 1. The van der Waals surface area contributed by atoms with Crippen molar-refractivity contribution in [1.82, 2.24) is 5.32 Å². The number of unbranched alkanes of at least 4 members (excludes halogenated alkanes) is 45. The Hall–Kier alpha value is -2.89. The molecule has 1 aliphatic heterocycles. The van der Waals surface area contributed by atoms with Crippen LogP contribution < -0.4 is 5.32 Å². The first-order valence-electron chi connectivity index (χ1n) is 39.5. The van der Waals surface area contributed by atoms with Crippen molar-refractivity contribution >= 4 is 5.91 Å². The topological polar surface area (TPSA) is 149 Å². The van der Waals surface area contributed by atoms with Crippen molar-refractivity contribution in [1.29, 1.82) is 0 Å². The highest BCUT2D eigenvalue weighted by Gasteiger charge is 2.44. The zero-order chi connectivity index (χ0) is 66.4. The predicted molar refractivity (Wildman–Crippen MR) is 396 cm³/mol. The molecule has 0 bridgehead atoms. The average Bonchev–Trinajstić information content (AvgIpc) is 1.00. The summed E-state index contributed by atoms with van der Waals surface area (Å²) in [5, 5.41) is 54.9. The van der Waals surface area contributed by atoms with Crippen molar-refractivity contribution in [2.45, 2.75) is 410 Å². The van der Waals surface area contributed by atoms with Crippen LogP contribution in [0, 0.1) is 0 Å². The molecule has 0 aromatic rings. The van der Waals surface area contributed by atoms with Gasteiger partial charge in [-0.25, -0.2) is 0 Å². The maximum atomic E-state index is 13.2. The predicted octanol–water partition coefficient (Wildman–Crippen LogP) is 22.6. The molecule has 9 nitrogen and oxygen atoms in total. The van der Waals surface area contributed by atoms with Gasteiger partial charge in [-0.1, -0.05) is 381 Å². The van der Waals surface area contributed by atoms with Gasteiger partial charge in [-0.3, -0.25) is 4.79 Å². The Morgan fingerprint density at radius 3 is 1.00 bits per heavy atom. The largest absolute Gasteiger partial charge is 0.394 e. The lowest BCUT2D eigenvalue weighted by Crippen LogP contribution is -2.60. The van der Waals surface area contributed by atoms with Crippen LogP contribution in [-0.4, -0.2) is 87.5 Å². The van der Waals surface area contributed by atoms with E-state index in [1.807, 2.05) is 6.08 Å². The van der Waals surface area contributed by atoms with Gasteiger partial charge in [0, 0.05) is 6.42 Å².